The molecule has 0 saturated carbocycles. The van der Waals surface area contributed by atoms with Crippen LogP contribution >= 0.6 is 0 Å². The number of amides is 1. The fourth-order valence-corrected chi connectivity index (χ4v) is 2.91. The molecule has 130 valence electrons. The number of nitrogens with one attached hydrogen (secondary N) is 2. The molecule has 1 amide bonds. The summed E-state index contributed by atoms with van der Waals surface area (Å²) in [5.74, 6) is -0.882. The van der Waals surface area contributed by atoms with Crippen LogP contribution in [0.4, 0.5) is 10.1 Å². The summed E-state index contributed by atoms with van der Waals surface area (Å²) in [6, 6.07) is 3.33. The van der Waals surface area contributed by atoms with Crippen molar-refractivity contribution < 1.29 is 22.3 Å². The van der Waals surface area contributed by atoms with Gasteiger partial charge < -0.3 is 15.0 Å². The van der Waals surface area contributed by atoms with Crippen molar-refractivity contribution in [2.45, 2.75) is 11.8 Å². The van der Waals surface area contributed by atoms with Gasteiger partial charge in [0, 0.05) is 27.2 Å². The van der Waals surface area contributed by atoms with Crippen molar-refractivity contribution >= 4 is 21.6 Å². The lowest BCUT2D eigenvalue weighted by molar-refractivity contribution is -0.127. The summed E-state index contributed by atoms with van der Waals surface area (Å²) in [4.78, 5) is 13.0. The monoisotopic (exact) mass is 347 g/mol. The molecular formula is C14H22FN3O4S. The van der Waals surface area contributed by atoms with E-state index in [0.717, 1.165) is 12.1 Å². The van der Waals surface area contributed by atoms with E-state index >= 15 is 0 Å². The van der Waals surface area contributed by atoms with Gasteiger partial charge in [0.15, 0.2) is 0 Å². The SMILES string of the molecule is CCN(C)C(=O)CNc1ccc(F)cc1S(=O)(=O)NCCOC. The number of benzene rings is 1. The van der Waals surface area contributed by atoms with Gasteiger partial charge in [-0.3, -0.25) is 4.79 Å². The molecule has 0 bridgehead atoms. The normalized spacial score (nSPS) is 11.3. The summed E-state index contributed by atoms with van der Waals surface area (Å²) >= 11 is 0. The zero-order chi connectivity index (χ0) is 17.5. The largest absolute Gasteiger partial charge is 0.383 e. The third-order valence-corrected chi connectivity index (χ3v) is 4.66. The van der Waals surface area contributed by atoms with Crippen LogP contribution in [-0.2, 0) is 19.6 Å². The molecule has 2 N–H and O–H groups in total. The van der Waals surface area contributed by atoms with Gasteiger partial charge in [-0.2, -0.15) is 0 Å². The fourth-order valence-electron chi connectivity index (χ4n) is 1.70. The van der Waals surface area contributed by atoms with Gasteiger partial charge >= 0.3 is 0 Å². The first-order valence-electron chi connectivity index (χ1n) is 7.07. The number of ether oxygens (including phenoxy) is 1. The second-order valence-corrected chi connectivity index (χ2v) is 6.53. The number of rotatable bonds is 9. The maximum Gasteiger partial charge on any atom is 0.242 e. The number of carbonyl (C=O) groups is 1. The van der Waals surface area contributed by atoms with Crippen LogP contribution in [0, 0.1) is 5.82 Å². The van der Waals surface area contributed by atoms with Gasteiger partial charge in [0.1, 0.15) is 10.7 Å². The molecule has 0 radical (unpaired) electrons. The molecule has 1 rings (SSSR count). The molecular weight excluding hydrogens is 325 g/mol. The van der Waals surface area contributed by atoms with Crippen LogP contribution in [0.1, 0.15) is 6.92 Å². The Morgan fingerprint density at radius 3 is 2.70 bits per heavy atom. The maximum atomic E-state index is 13.4. The molecule has 0 aliphatic heterocycles. The predicted octanol–water partition coefficient (Wildman–Crippen LogP) is 0.641. The number of nitrogens with zero attached hydrogens (tertiary/aromatic N) is 1. The Morgan fingerprint density at radius 1 is 1.39 bits per heavy atom. The molecule has 1 aromatic rings. The van der Waals surface area contributed by atoms with Gasteiger partial charge in [-0.05, 0) is 25.1 Å². The molecule has 7 nitrogen and oxygen atoms in total. The Hall–Kier alpha value is -1.71. The second kappa shape index (κ2) is 8.80. The minimum Gasteiger partial charge on any atom is -0.383 e. The zero-order valence-corrected chi connectivity index (χ0v) is 14.2. The lowest BCUT2D eigenvalue weighted by Gasteiger charge is -2.17. The first-order chi connectivity index (χ1) is 10.8. The highest BCUT2D eigenvalue weighted by molar-refractivity contribution is 7.89. The van der Waals surface area contributed by atoms with Crippen LogP contribution in [0.3, 0.4) is 0 Å². The van der Waals surface area contributed by atoms with Crippen LogP contribution < -0.4 is 10.0 Å². The van der Waals surface area contributed by atoms with Crippen LogP contribution in [0.2, 0.25) is 0 Å². The van der Waals surface area contributed by atoms with E-state index in [0.29, 0.717) is 6.54 Å². The number of halogens is 1. The van der Waals surface area contributed by atoms with E-state index in [9.17, 15) is 17.6 Å². The average Bonchev–Trinajstić information content (AvgIpc) is 2.52. The number of likely N-dealkylation sites (N-methyl/N-ethyl adjacent to an activating group) is 1. The van der Waals surface area contributed by atoms with E-state index in [1.54, 1.807) is 7.05 Å². The van der Waals surface area contributed by atoms with Gasteiger partial charge in [-0.1, -0.05) is 0 Å². The van der Waals surface area contributed by atoms with Gasteiger partial charge in [-0.15, -0.1) is 0 Å². The standard InChI is InChI=1S/C14H22FN3O4S/c1-4-18(2)14(19)10-16-12-6-5-11(15)9-13(12)23(20,21)17-7-8-22-3/h5-6,9,16-17H,4,7-8,10H2,1-3H3. The van der Waals surface area contributed by atoms with E-state index in [1.807, 2.05) is 6.92 Å². The maximum absolute atomic E-state index is 13.4. The minimum absolute atomic E-state index is 0.0618. The molecule has 0 heterocycles. The van der Waals surface area contributed by atoms with Crippen LogP contribution in [-0.4, -0.2) is 59.6 Å². The molecule has 0 aromatic heterocycles. The van der Waals surface area contributed by atoms with Crippen molar-refractivity contribution in [3.8, 4) is 0 Å². The second-order valence-electron chi connectivity index (χ2n) is 4.79. The van der Waals surface area contributed by atoms with E-state index in [4.69, 9.17) is 4.74 Å². The number of sulfonamides is 1. The molecule has 23 heavy (non-hydrogen) atoms. The quantitative estimate of drug-likeness (QED) is 0.640. The third kappa shape index (κ3) is 5.77. The number of hydrogen-bond acceptors (Lipinski definition) is 5. The number of hydrogen-bond donors (Lipinski definition) is 2. The lowest BCUT2D eigenvalue weighted by atomic mass is 10.3. The first-order valence-corrected chi connectivity index (χ1v) is 8.56. The highest BCUT2D eigenvalue weighted by atomic mass is 32.2. The molecule has 0 saturated heterocycles. The molecule has 0 spiro atoms. The summed E-state index contributed by atoms with van der Waals surface area (Å²) in [5.41, 5.74) is 0.161. The molecule has 0 unspecified atom stereocenters. The lowest BCUT2D eigenvalue weighted by Crippen LogP contribution is -2.32. The minimum atomic E-state index is -3.92. The highest BCUT2D eigenvalue weighted by Crippen LogP contribution is 2.22. The molecule has 1 aromatic carbocycles. The average molecular weight is 347 g/mol. The molecule has 0 atom stereocenters. The van der Waals surface area contributed by atoms with Crippen molar-refractivity contribution in [1.82, 2.24) is 9.62 Å². The molecule has 0 fully saturated rings. The molecule has 9 heteroatoms. The Bertz CT molecular complexity index is 637. The van der Waals surface area contributed by atoms with Crippen LogP contribution in [0.15, 0.2) is 23.1 Å². The summed E-state index contributed by atoms with van der Waals surface area (Å²) in [6.45, 7) is 2.53. The first kappa shape index (κ1) is 19.3. The van der Waals surface area contributed by atoms with Gasteiger partial charge in [0.25, 0.3) is 0 Å². The smallest absolute Gasteiger partial charge is 0.242 e. The van der Waals surface area contributed by atoms with Crippen molar-refractivity contribution in [2.24, 2.45) is 0 Å². The van der Waals surface area contributed by atoms with Gasteiger partial charge in [0.05, 0.1) is 18.8 Å². The summed E-state index contributed by atoms with van der Waals surface area (Å²) in [7, 11) is -0.835. The zero-order valence-electron chi connectivity index (χ0n) is 13.4. The number of methoxy groups -OCH3 is 1. The Balaban J connectivity index is 2.95. The Kier molecular flexibility index (Phi) is 7.40. The number of carbonyl (C=O) groups excluding carboxylic acids is 1. The van der Waals surface area contributed by atoms with E-state index in [2.05, 4.69) is 10.0 Å². The Morgan fingerprint density at radius 2 is 2.09 bits per heavy atom. The summed E-state index contributed by atoms with van der Waals surface area (Å²) < 4.78 is 45.0. The molecule has 0 aliphatic rings. The summed E-state index contributed by atoms with van der Waals surface area (Å²) in [5, 5.41) is 2.74. The topological polar surface area (TPSA) is 87.7 Å². The fraction of sp³-hybridized carbons (Fsp3) is 0.500. The number of anilines is 1. The van der Waals surface area contributed by atoms with Crippen molar-refractivity contribution in [3.05, 3.63) is 24.0 Å². The van der Waals surface area contributed by atoms with Crippen LogP contribution in [0.25, 0.3) is 0 Å². The van der Waals surface area contributed by atoms with Crippen molar-refractivity contribution in [3.63, 3.8) is 0 Å². The predicted molar refractivity (Wildman–Crippen MR) is 85.3 cm³/mol. The highest BCUT2D eigenvalue weighted by Gasteiger charge is 2.20. The molecule has 0 aliphatic carbocycles. The van der Waals surface area contributed by atoms with Gasteiger partial charge in [0.2, 0.25) is 15.9 Å². The van der Waals surface area contributed by atoms with Gasteiger partial charge in [-0.25, -0.2) is 17.5 Å². The van der Waals surface area contributed by atoms with E-state index in [1.165, 1.54) is 18.1 Å². The third-order valence-electron chi connectivity index (χ3n) is 3.16. The Labute approximate surface area is 135 Å². The van der Waals surface area contributed by atoms with Crippen LogP contribution in [0.5, 0.6) is 0 Å². The van der Waals surface area contributed by atoms with E-state index in [-0.39, 0.29) is 36.2 Å². The summed E-state index contributed by atoms with van der Waals surface area (Å²) in [6.07, 6.45) is 0. The van der Waals surface area contributed by atoms with E-state index < -0.39 is 15.8 Å². The van der Waals surface area contributed by atoms with Crippen molar-refractivity contribution in [1.29, 1.82) is 0 Å². The van der Waals surface area contributed by atoms with Crippen molar-refractivity contribution in [2.75, 3.05) is 45.7 Å².